The summed E-state index contributed by atoms with van der Waals surface area (Å²) < 4.78 is 0. The molecule has 0 heterocycles. The molecule has 20 heavy (non-hydrogen) atoms. The number of benzene rings is 2. The smallest absolute Gasteiger partial charge is 0.254 e. The molecule has 0 aromatic heterocycles. The van der Waals surface area contributed by atoms with E-state index in [0.717, 1.165) is 17.5 Å². The molecule has 2 aromatic rings. The first kappa shape index (κ1) is 14.3. The quantitative estimate of drug-likeness (QED) is 0.826. The summed E-state index contributed by atoms with van der Waals surface area (Å²) in [5.74, 6) is 0.0894. The summed E-state index contributed by atoms with van der Waals surface area (Å²) in [5.41, 5.74) is 3.10. The minimum absolute atomic E-state index is 0.0894. The van der Waals surface area contributed by atoms with Gasteiger partial charge in [-0.3, -0.25) is 4.79 Å². The highest BCUT2D eigenvalue weighted by molar-refractivity contribution is 5.95. The van der Waals surface area contributed by atoms with Crippen molar-refractivity contribution in [3.05, 3.63) is 71.3 Å². The van der Waals surface area contributed by atoms with E-state index in [-0.39, 0.29) is 11.9 Å². The van der Waals surface area contributed by atoms with Gasteiger partial charge in [-0.1, -0.05) is 48.5 Å². The first-order chi connectivity index (χ1) is 9.59. The second kappa shape index (κ2) is 6.38. The van der Waals surface area contributed by atoms with Crippen LogP contribution in [0.15, 0.2) is 54.6 Å². The molecule has 0 aliphatic carbocycles. The molecule has 0 bridgehead atoms. The van der Waals surface area contributed by atoms with Gasteiger partial charge in [-0.2, -0.15) is 0 Å². The first-order valence-corrected chi connectivity index (χ1v) is 6.98. The van der Waals surface area contributed by atoms with E-state index in [1.165, 1.54) is 5.56 Å². The summed E-state index contributed by atoms with van der Waals surface area (Å²) in [6.07, 6.45) is 0.786. The number of carbonyl (C=O) groups is 1. The lowest BCUT2D eigenvalue weighted by Crippen LogP contribution is -2.33. The molecule has 2 heteroatoms. The predicted molar refractivity (Wildman–Crippen MR) is 82.9 cm³/mol. The number of hydrogen-bond donors (Lipinski definition) is 0. The fourth-order valence-corrected chi connectivity index (χ4v) is 2.12. The molecule has 104 valence electrons. The second-order valence-corrected chi connectivity index (χ2v) is 5.33. The zero-order valence-electron chi connectivity index (χ0n) is 12.3. The summed E-state index contributed by atoms with van der Waals surface area (Å²) in [4.78, 5) is 14.3. The third-order valence-corrected chi connectivity index (χ3v) is 3.58. The molecular formula is C18H21NO. The molecule has 2 rings (SSSR count). The Labute approximate surface area is 121 Å². The molecule has 2 aromatic carbocycles. The Morgan fingerprint density at radius 2 is 1.60 bits per heavy atom. The van der Waals surface area contributed by atoms with Gasteiger partial charge in [-0.25, -0.2) is 0 Å². The van der Waals surface area contributed by atoms with Crippen molar-refractivity contribution in [1.82, 2.24) is 4.90 Å². The van der Waals surface area contributed by atoms with Crippen LogP contribution >= 0.6 is 0 Å². The fourth-order valence-electron chi connectivity index (χ4n) is 2.12. The van der Waals surface area contributed by atoms with Crippen LogP contribution in [-0.4, -0.2) is 23.9 Å². The molecule has 1 amide bonds. The molecule has 0 aliphatic heterocycles. The fraction of sp³-hybridized carbons (Fsp3) is 0.278. The van der Waals surface area contributed by atoms with E-state index in [1.54, 1.807) is 4.90 Å². The third-order valence-electron chi connectivity index (χ3n) is 3.58. The van der Waals surface area contributed by atoms with E-state index in [2.05, 4.69) is 12.1 Å². The van der Waals surface area contributed by atoms with Gasteiger partial charge in [-0.15, -0.1) is 0 Å². The highest BCUT2D eigenvalue weighted by Gasteiger charge is 2.17. The summed E-state index contributed by atoms with van der Waals surface area (Å²) in [6, 6.07) is 18.3. The lowest BCUT2D eigenvalue weighted by molar-refractivity contribution is 0.0754. The van der Waals surface area contributed by atoms with Crippen LogP contribution in [0.5, 0.6) is 0 Å². The van der Waals surface area contributed by atoms with Gasteiger partial charge in [0.25, 0.3) is 5.91 Å². The number of nitrogens with zero attached hydrogens (tertiary/aromatic N) is 1. The maximum atomic E-state index is 12.5. The van der Waals surface area contributed by atoms with Crippen molar-refractivity contribution in [3.63, 3.8) is 0 Å². The van der Waals surface area contributed by atoms with Crippen molar-refractivity contribution < 1.29 is 4.79 Å². The van der Waals surface area contributed by atoms with Crippen LogP contribution in [0.1, 0.15) is 35.3 Å². The molecule has 0 N–H and O–H groups in total. The van der Waals surface area contributed by atoms with Crippen molar-refractivity contribution in [2.75, 3.05) is 7.05 Å². The lowest BCUT2D eigenvalue weighted by Gasteiger charge is -2.22. The standard InChI is InChI=1S/C18H21NO/c1-14(2)19(3)18(20)17-12-8-7-11-16(17)13-15-9-5-4-6-10-15/h4-12,14H,13H2,1-3H3. The lowest BCUT2D eigenvalue weighted by atomic mass is 9.99. The minimum Gasteiger partial charge on any atom is -0.339 e. The first-order valence-electron chi connectivity index (χ1n) is 6.98. The van der Waals surface area contributed by atoms with Crippen molar-refractivity contribution >= 4 is 5.91 Å². The van der Waals surface area contributed by atoms with E-state index in [4.69, 9.17) is 0 Å². The van der Waals surface area contributed by atoms with Crippen LogP contribution < -0.4 is 0 Å². The van der Waals surface area contributed by atoms with Gasteiger partial charge in [0.1, 0.15) is 0 Å². The van der Waals surface area contributed by atoms with Gasteiger partial charge >= 0.3 is 0 Å². The number of hydrogen-bond acceptors (Lipinski definition) is 1. The topological polar surface area (TPSA) is 20.3 Å². The van der Waals surface area contributed by atoms with Crippen molar-refractivity contribution in [1.29, 1.82) is 0 Å². The van der Waals surface area contributed by atoms with Gasteiger partial charge < -0.3 is 4.90 Å². The van der Waals surface area contributed by atoms with Gasteiger partial charge in [0.15, 0.2) is 0 Å². The van der Waals surface area contributed by atoms with Crippen LogP contribution in [0.2, 0.25) is 0 Å². The van der Waals surface area contributed by atoms with Crippen molar-refractivity contribution in [2.24, 2.45) is 0 Å². The molecule has 2 nitrogen and oxygen atoms in total. The number of amides is 1. The van der Waals surface area contributed by atoms with Crippen LogP contribution in [0.25, 0.3) is 0 Å². The zero-order chi connectivity index (χ0) is 14.5. The molecule has 0 saturated heterocycles. The normalized spacial score (nSPS) is 10.6. The summed E-state index contributed by atoms with van der Waals surface area (Å²) >= 11 is 0. The minimum atomic E-state index is 0.0894. The third kappa shape index (κ3) is 3.27. The molecule has 0 aliphatic rings. The van der Waals surface area contributed by atoms with Crippen LogP contribution in [0.3, 0.4) is 0 Å². The highest BCUT2D eigenvalue weighted by Crippen LogP contribution is 2.16. The Morgan fingerprint density at radius 1 is 1.00 bits per heavy atom. The van der Waals surface area contributed by atoms with Crippen LogP contribution in [0, 0.1) is 0 Å². The Morgan fingerprint density at radius 3 is 2.25 bits per heavy atom. The molecular weight excluding hydrogens is 246 g/mol. The molecule has 0 radical (unpaired) electrons. The molecule has 0 spiro atoms. The van der Waals surface area contributed by atoms with Crippen LogP contribution in [-0.2, 0) is 6.42 Å². The van der Waals surface area contributed by atoms with E-state index in [0.29, 0.717) is 0 Å². The van der Waals surface area contributed by atoms with E-state index >= 15 is 0 Å². The Kier molecular flexibility index (Phi) is 4.57. The van der Waals surface area contributed by atoms with Gasteiger partial charge in [0.05, 0.1) is 0 Å². The average molecular weight is 267 g/mol. The molecule has 0 unspecified atom stereocenters. The molecule has 0 atom stereocenters. The maximum absolute atomic E-state index is 12.5. The summed E-state index contributed by atoms with van der Waals surface area (Å²) in [6.45, 7) is 4.05. The van der Waals surface area contributed by atoms with Gasteiger partial charge in [0, 0.05) is 18.7 Å². The predicted octanol–water partition coefficient (Wildman–Crippen LogP) is 3.76. The Hall–Kier alpha value is -2.09. The zero-order valence-corrected chi connectivity index (χ0v) is 12.3. The Balaban J connectivity index is 2.29. The largest absolute Gasteiger partial charge is 0.339 e. The Bertz CT molecular complexity index is 575. The second-order valence-electron chi connectivity index (χ2n) is 5.33. The summed E-state index contributed by atoms with van der Waals surface area (Å²) in [5, 5.41) is 0. The van der Waals surface area contributed by atoms with Gasteiger partial charge in [-0.05, 0) is 37.5 Å². The monoisotopic (exact) mass is 267 g/mol. The van der Waals surface area contributed by atoms with Crippen molar-refractivity contribution in [2.45, 2.75) is 26.3 Å². The van der Waals surface area contributed by atoms with Crippen LogP contribution in [0.4, 0.5) is 0 Å². The average Bonchev–Trinajstić information content (AvgIpc) is 2.47. The maximum Gasteiger partial charge on any atom is 0.254 e. The molecule has 0 saturated carbocycles. The highest BCUT2D eigenvalue weighted by atomic mass is 16.2. The molecule has 0 fully saturated rings. The van der Waals surface area contributed by atoms with Gasteiger partial charge in [0.2, 0.25) is 0 Å². The SMILES string of the molecule is CC(C)N(C)C(=O)c1ccccc1Cc1ccccc1. The van der Waals surface area contributed by atoms with E-state index in [9.17, 15) is 4.79 Å². The van der Waals surface area contributed by atoms with E-state index < -0.39 is 0 Å². The number of rotatable bonds is 4. The van der Waals surface area contributed by atoms with Crippen molar-refractivity contribution in [3.8, 4) is 0 Å². The van der Waals surface area contributed by atoms with E-state index in [1.807, 2.05) is 63.4 Å². The number of carbonyl (C=O) groups excluding carboxylic acids is 1. The summed E-state index contributed by atoms with van der Waals surface area (Å²) in [7, 11) is 1.85.